The van der Waals surface area contributed by atoms with Crippen molar-refractivity contribution in [3.05, 3.63) is 35.9 Å². The van der Waals surface area contributed by atoms with Crippen LogP contribution >= 0.6 is 0 Å². The molecule has 1 atom stereocenters. The highest BCUT2D eigenvalue weighted by Crippen LogP contribution is 2.35. The molecule has 0 saturated heterocycles. The first kappa shape index (κ1) is 11.2. The number of carbonyl (C=O) groups is 1. The van der Waals surface area contributed by atoms with Gasteiger partial charge in [0.15, 0.2) is 0 Å². The topological polar surface area (TPSA) is 26.3 Å². The normalized spacial score (nSPS) is 16.8. The molecule has 0 spiro atoms. The molecular weight excluding hydrogens is 200 g/mol. The molecule has 2 nitrogen and oxygen atoms in total. The number of hydrogen-bond acceptors (Lipinski definition) is 2. The van der Waals surface area contributed by atoms with Gasteiger partial charge >= 0.3 is 5.97 Å². The third-order valence-corrected chi connectivity index (χ3v) is 3.01. The van der Waals surface area contributed by atoms with Crippen LogP contribution in [0.15, 0.2) is 30.3 Å². The second-order valence-corrected chi connectivity index (χ2v) is 4.67. The zero-order valence-corrected chi connectivity index (χ0v) is 9.69. The zero-order valence-electron chi connectivity index (χ0n) is 9.69. The predicted octanol–water partition coefficient (Wildman–Crippen LogP) is 3.17. The monoisotopic (exact) mass is 218 g/mol. The first-order valence-electron chi connectivity index (χ1n) is 5.96. The van der Waals surface area contributed by atoms with Gasteiger partial charge in [-0.15, -0.1) is 0 Å². The van der Waals surface area contributed by atoms with Crippen LogP contribution in [0.25, 0.3) is 0 Å². The van der Waals surface area contributed by atoms with Gasteiger partial charge in [0.05, 0.1) is 5.92 Å². The number of benzene rings is 1. The van der Waals surface area contributed by atoms with Crippen molar-refractivity contribution < 1.29 is 9.53 Å². The van der Waals surface area contributed by atoms with Crippen molar-refractivity contribution in [2.45, 2.75) is 32.8 Å². The van der Waals surface area contributed by atoms with Crippen molar-refractivity contribution in [2.24, 2.45) is 11.8 Å². The lowest BCUT2D eigenvalue weighted by atomic mass is 10.1. The Bertz CT molecular complexity index is 341. The minimum Gasteiger partial charge on any atom is -0.461 e. The fourth-order valence-electron chi connectivity index (χ4n) is 1.82. The second kappa shape index (κ2) is 5.15. The lowest BCUT2D eigenvalue weighted by molar-refractivity contribution is -0.149. The summed E-state index contributed by atoms with van der Waals surface area (Å²) in [5, 5.41) is 0. The zero-order chi connectivity index (χ0) is 11.4. The molecule has 1 aromatic carbocycles. The van der Waals surface area contributed by atoms with E-state index in [4.69, 9.17) is 4.74 Å². The number of rotatable bonds is 5. The molecule has 2 rings (SSSR count). The quantitative estimate of drug-likeness (QED) is 0.709. The SMILES string of the molecule is C[C@@H](CC1CC1)C(=O)OCc1ccccc1. The summed E-state index contributed by atoms with van der Waals surface area (Å²) in [7, 11) is 0. The molecule has 86 valence electrons. The van der Waals surface area contributed by atoms with Crippen molar-refractivity contribution >= 4 is 5.97 Å². The van der Waals surface area contributed by atoms with Crippen LogP contribution in [0.4, 0.5) is 0 Å². The number of carbonyl (C=O) groups excluding carboxylic acids is 1. The number of ether oxygens (including phenoxy) is 1. The van der Waals surface area contributed by atoms with E-state index in [9.17, 15) is 4.79 Å². The van der Waals surface area contributed by atoms with Gasteiger partial charge in [-0.25, -0.2) is 0 Å². The van der Waals surface area contributed by atoms with E-state index in [-0.39, 0.29) is 11.9 Å². The molecule has 1 saturated carbocycles. The summed E-state index contributed by atoms with van der Waals surface area (Å²) < 4.78 is 5.28. The highest BCUT2D eigenvalue weighted by atomic mass is 16.5. The third-order valence-electron chi connectivity index (χ3n) is 3.01. The number of esters is 1. The summed E-state index contributed by atoms with van der Waals surface area (Å²) in [6.07, 6.45) is 3.57. The fourth-order valence-corrected chi connectivity index (χ4v) is 1.82. The lowest BCUT2D eigenvalue weighted by Crippen LogP contribution is -2.15. The van der Waals surface area contributed by atoms with Gasteiger partial charge in [-0.2, -0.15) is 0 Å². The molecule has 0 unspecified atom stereocenters. The van der Waals surface area contributed by atoms with Crippen LogP contribution in [0, 0.1) is 11.8 Å². The van der Waals surface area contributed by atoms with Crippen molar-refractivity contribution in [1.29, 1.82) is 0 Å². The molecule has 2 heteroatoms. The summed E-state index contributed by atoms with van der Waals surface area (Å²) in [6, 6.07) is 9.81. The molecule has 0 bridgehead atoms. The molecule has 16 heavy (non-hydrogen) atoms. The summed E-state index contributed by atoms with van der Waals surface area (Å²) in [5.74, 6) is 0.770. The van der Waals surface area contributed by atoms with Gasteiger partial charge in [0.2, 0.25) is 0 Å². The first-order chi connectivity index (χ1) is 7.75. The summed E-state index contributed by atoms with van der Waals surface area (Å²) >= 11 is 0. The fraction of sp³-hybridized carbons (Fsp3) is 0.500. The van der Waals surface area contributed by atoms with E-state index in [1.54, 1.807) is 0 Å². The second-order valence-electron chi connectivity index (χ2n) is 4.67. The van der Waals surface area contributed by atoms with Gasteiger partial charge in [-0.1, -0.05) is 50.1 Å². The minimum absolute atomic E-state index is 0.0520. The molecule has 0 amide bonds. The van der Waals surface area contributed by atoms with Crippen molar-refractivity contribution in [3.8, 4) is 0 Å². The van der Waals surface area contributed by atoms with E-state index >= 15 is 0 Å². The Kier molecular flexibility index (Phi) is 3.60. The Labute approximate surface area is 96.6 Å². The molecule has 0 aliphatic heterocycles. The van der Waals surface area contributed by atoms with E-state index in [2.05, 4.69) is 0 Å². The Hall–Kier alpha value is -1.31. The molecule has 0 aromatic heterocycles. The van der Waals surface area contributed by atoms with Crippen LogP contribution in [0.5, 0.6) is 0 Å². The highest BCUT2D eigenvalue weighted by molar-refractivity contribution is 5.72. The minimum atomic E-state index is -0.0595. The van der Waals surface area contributed by atoms with E-state index < -0.39 is 0 Å². The van der Waals surface area contributed by atoms with Gasteiger partial charge < -0.3 is 4.74 Å². The molecule has 0 heterocycles. The van der Waals surface area contributed by atoms with Crippen molar-refractivity contribution in [2.75, 3.05) is 0 Å². The number of hydrogen-bond donors (Lipinski definition) is 0. The van der Waals surface area contributed by atoms with Crippen molar-refractivity contribution in [1.82, 2.24) is 0 Å². The standard InChI is InChI=1S/C14H18O2/c1-11(9-12-7-8-12)14(15)16-10-13-5-3-2-4-6-13/h2-6,11-12H,7-10H2,1H3/t11-/m0/s1. The van der Waals surface area contributed by atoms with Gasteiger partial charge in [0.25, 0.3) is 0 Å². The maximum Gasteiger partial charge on any atom is 0.308 e. The molecule has 0 radical (unpaired) electrons. The predicted molar refractivity (Wildman–Crippen MR) is 62.7 cm³/mol. The molecular formula is C14H18O2. The Balaban J connectivity index is 1.74. The van der Waals surface area contributed by atoms with Crippen molar-refractivity contribution in [3.63, 3.8) is 0 Å². The van der Waals surface area contributed by atoms with Gasteiger partial charge in [-0.3, -0.25) is 4.79 Å². The van der Waals surface area contributed by atoms with Crippen LogP contribution in [0.3, 0.4) is 0 Å². The maximum absolute atomic E-state index is 11.7. The van der Waals surface area contributed by atoms with Crippen LogP contribution < -0.4 is 0 Å². The average molecular weight is 218 g/mol. The summed E-state index contributed by atoms with van der Waals surface area (Å²) in [5.41, 5.74) is 1.05. The Morgan fingerprint density at radius 2 is 2.06 bits per heavy atom. The van der Waals surface area contributed by atoms with Gasteiger partial charge in [-0.05, 0) is 17.9 Å². The third kappa shape index (κ3) is 3.37. The largest absolute Gasteiger partial charge is 0.461 e. The van der Waals surface area contributed by atoms with Crippen LogP contribution in [0.1, 0.15) is 31.7 Å². The lowest BCUT2D eigenvalue weighted by Gasteiger charge is -2.10. The van der Waals surface area contributed by atoms with Gasteiger partial charge in [0.1, 0.15) is 6.61 Å². The average Bonchev–Trinajstić information content (AvgIpc) is 3.11. The van der Waals surface area contributed by atoms with E-state index in [0.29, 0.717) is 6.61 Å². The maximum atomic E-state index is 11.7. The van der Waals surface area contributed by atoms with Crippen LogP contribution in [0.2, 0.25) is 0 Å². The van der Waals surface area contributed by atoms with E-state index in [0.717, 1.165) is 17.9 Å². The first-order valence-corrected chi connectivity index (χ1v) is 5.96. The van der Waals surface area contributed by atoms with Crippen LogP contribution in [-0.2, 0) is 16.1 Å². The summed E-state index contributed by atoms with van der Waals surface area (Å²) in [6.45, 7) is 2.36. The molecule has 1 aliphatic carbocycles. The van der Waals surface area contributed by atoms with E-state index in [1.165, 1.54) is 12.8 Å². The Morgan fingerprint density at radius 3 is 2.69 bits per heavy atom. The smallest absolute Gasteiger partial charge is 0.308 e. The Morgan fingerprint density at radius 1 is 1.38 bits per heavy atom. The van der Waals surface area contributed by atoms with E-state index in [1.807, 2.05) is 37.3 Å². The molecule has 0 N–H and O–H groups in total. The molecule has 1 aromatic rings. The summed E-state index contributed by atoms with van der Waals surface area (Å²) in [4.78, 5) is 11.7. The van der Waals surface area contributed by atoms with Crippen LogP contribution in [-0.4, -0.2) is 5.97 Å². The highest BCUT2D eigenvalue weighted by Gasteiger charge is 2.27. The molecule has 1 fully saturated rings. The molecule has 1 aliphatic rings. The van der Waals surface area contributed by atoms with Gasteiger partial charge in [0, 0.05) is 0 Å².